The highest BCUT2D eigenvalue weighted by molar-refractivity contribution is 4.88. The number of hydrogen-bond donors (Lipinski definition) is 1. The maximum atomic E-state index is 6.18. The van der Waals surface area contributed by atoms with Gasteiger partial charge in [-0.15, -0.1) is 0 Å². The van der Waals surface area contributed by atoms with Crippen molar-refractivity contribution in [1.82, 2.24) is 4.90 Å². The van der Waals surface area contributed by atoms with Crippen LogP contribution in [0.1, 0.15) is 45.4 Å². The van der Waals surface area contributed by atoms with Crippen molar-refractivity contribution < 1.29 is 4.74 Å². The molecule has 0 radical (unpaired) electrons. The monoisotopic (exact) mass is 240 g/mol. The van der Waals surface area contributed by atoms with E-state index in [0.29, 0.717) is 18.1 Å². The smallest absolute Gasteiger partial charge is 0.0586 e. The summed E-state index contributed by atoms with van der Waals surface area (Å²) >= 11 is 0. The van der Waals surface area contributed by atoms with Gasteiger partial charge in [0.25, 0.3) is 0 Å². The van der Waals surface area contributed by atoms with Gasteiger partial charge in [-0.2, -0.15) is 0 Å². The number of ether oxygens (including phenoxy) is 1. The zero-order chi connectivity index (χ0) is 12.3. The predicted molar refractivity (Wildman–Crippen MR) is 71.0 cm³/mol. The fraction of sp³-hybridized carbons (Fsp3) is 1.00. The molecule has 2 aliphatic rings. The first-order chi connectivity index (χ1) is 8.24. The number of nitrogens with two attached hydrogens (primary N) is 1. The Morgan fingerprint density at radius 2 is 2.12 bits per heavy atom. The van der Waals surface area contributed by atoms with Gasteiger partial charge in [0.2, 0.25) is 0 Å². The first kappa shape index (κ1) is 13.3. The largest absolute Gasteiger partial charge is 0.381 e. The fourth-order valence-electron chi connectivity index (χ4n) is 3.51. The van der Waals surface area contributed by atoms with E-state index in [1.807, 2.05) is 7.11 Å². The van der Waals surface area contributed by atoms with Crippen molar-refractivity contribution in [3.8, 4) is 0 Å². The molecular formula is C14H28N2O. The molecular weight excluding hydrogens is 212 g/mol. The average molecular weight is 240 g/mol. The summed E-state index contributed by atoms with van der Waals surface area (Å²) in [5.41, 5.74) is 6.18. The third kappa shape index (κ3) is 3.21. The minimum absolute atomic E-state index is 0.429. The number of likely N-dealkylation sites (tertiary alicyclic amines) is 1. The van der Waals surface area contributed by atoms with Crippen LogP contribution < -0.4 is 5.73 Å². The number of piperidine rings is 1. The van der Waals surface area contributed by atoms with E-state index in [2.05, 4.69) is 11.8 Å². The molecule has 2 rings (SSSR count). The lowest BCUT2D eigenvalue weighted by atomic mass is 9.86. The first-order valence-corrected chi connectivity index (χ1v) is 7.27. The van der Waals surface area contributed by atoms with Crippen molar-refractivity contribution >= 4 is 0 Å². The van der Waals surface area contributed by atoms with Crippen molar-refractivity contribution in [2.45, 2.75) is 63.6 Å². The van der Waals surface area contributed by atoms with Crippen molar-refractivity contribution in [2.75, 3.05) is 20.2 Å². The van der Waals surface area contributed by atoms with Crippen LogP contribution in [0.4, 0.5) is 0 Å². The molecule has 4 atom stereocenters. The maximum Gasteiger partial charge on any atom is 0.0586 e. The zero-order valence-corrected chi connectivity index (χ0v) is 11.4. The summed E-state index contributed by atoms with van der Waals surface area (Å²) in [7, 11) is 1.86. The van der Waals surface area contributed by atoms with E-state index in [-0.39, 0.29) is 0 Å². The van der Waals surface area contributed by atoms with Crippen molar-refractivity contribution in [2.24, 2.45) is 11.7 Å². The van der Waals surface area contributed by atoms with Gasteiger partial charge in [-0.3, -0.25) is 4.90 Å². The summed E-state index contributed by atoms with van der Waals surface area (Å²) in [6.45, 7) is 4.67. The highest BCUT2D eigenvalue weighted by Gasteiger charge is 2.32. The summed E-state index contributed by atoms with van der Waals surface area (Å²) in [4.78, 5) is 2.68. The molecule has 0 spiro atoms. The van der Waals surface area contributed by atoms with Gasteiger partial charge >= 0.3 is 0 Å². The highest BCUT2D eigenvalue weighted by Crippen LogP contribution is 2.29. The number of nitrogens with zero attached hydrogens (tertiary/aromatic N) is 1. The molecule has 2 N–H and O–H groups in total. The fourth-order valence-corrected chi connectivity index (χ4v) is 3.51. The molecule has 0 aromatic heterocycles. The van der Waals surface area contributed by atoms with Crippen molar-refractivity contribution in [1.29, 1.82) is 0 Å². The van der Waals surface area contributed by atoms with Gasteiger partial charge in [-0.05, 0) is 44.6 Å². The van der Waals surface area contributed by atoms with E-state index >= 15 is 0 Å². The maximum absolute atomic E-state index is 6.18. The number of rotatable bonds is 3. The minimum Gasteiger partial charge on any atom is -0.381 e. The molecule has 100 valence electrons. The van der Waals surface area contributed by atoms with Crippen LogP contribution in [0.5, 0.6) is 0 Å². The van der Waals surface area contributed by atoms with Crippen LogP contribution in [-0.4, -0.2) is 43.3 Å². The van der Waals surface area contributed by atoms with E-state index < -0.39 is 0 Å². The molecule has 1 saturated heterocycles. The Labute approximate surface area is 106 Å². The summed E-state index contributed by atoms with van der Waals surface area (Å²) in [5.74, 6) is 0.701. The Hall–Kier alpha value is -0.120. The average Bonchev–Trinajstić information content (AvgIpc) is 2.39. The van der Waals surface area contributed by atoms with Gasteiger partial charge in [0.15, 0.2) is 0 Å². The lowest BCUT2D eigenvalue weighted by Gasteiger charge is -2.43. The second-order valence-electron chi connectivity index (χ2n) is 5.79. The van der Waals surface area contributed by atoms with Crippen LogP contribution in [-0.2, 0) is 4.74 Å². The Bertz CT molecular complexity index is 234. The van der Waals surface area contributed by atoms with Crippen LogP contribution in [0.3, 0.4) is 0 Å². The van der Waals surface area contributed by atoms with Crippen LogP contribution in [0.2, 0.25) is 0 Å². The Balaban J connectivity index is 1.89. The van der Waals surface area contributed by atoms with Gasteiger partial charge < -0.3 is 10.5 Å². The molecule has 2 fully saturated rings. The van der Waals surface area contributed by atoms with Crippen LogP contribution >= 0.6 is 0 Å². The van der Waals surface area contributed by atoms with Crippen molar-refractivity contribution in [3.63, 3.8) is 0 Å². The molecule has 1 aliphatic carbocycles. The second-order valence-corrected chi connectivity index (χ2v) is 5.79. The van der Waals surface area contributed by atoms with E-state index in [9.17, 15) is 0 Å². The topological polar surface area (TPSA) is 38.5 Å². The summed E-state index contributed by atoms with van der Waals surface area (Å²) in [6, 6.07) is 1.17. The molecule has 3 nitrogen and oxygen atoms in total. The van der Waals surface area contributed by atoms with Crippen LogP contribution in [0.25, 0.3) is 0 Å². The summed E-state index contributed by atoms with van der Waals surface area (Å²) in [6.07, 6.45) is 8.03. The Morgan fingerprint density at radius 1 is 1.29 bits per heavy atom. The van der Waals surface area contributed by atoms with E-state index in [4.69, 9.17) is 10.5 Å². The summed E-state index contributed by atoms with van der Waals surface area (Å²) < 4.78 is 5.54. The lowest BCUT2D eigenvalue weighted by molar-refractivity contribution is 0.0117. The normalized spacial score (nSPS) is 40.4. The van der Waals surface area contributed by atoms with Crippen LogP contribution in [0, 0.1) is 5.92 Å². The van der Waals surface area contributed by atoms with E-state index in [1.165, 1.54) is 51.6 Å². The second kappa shape index (κ2) is 6.17. The molecule has 3 heteroatoms. The molecule has 0 aromatic carbocycles. The minimum atomic E-state index is 0.429. The standard InChI is InChI=1S/C14H28N2O/c1-3-11-10-16(8-7-14(11)15)12-5-4-6-13(9-12)17-2/h11-14H,3-10,15H2,1-2H3. The SMILES string of the molecule is CCC1CN(C2CCCC(OC)C2)CCC1N. The Morgan fingerprint density at radius 3 is 2.82 bits per heavy atom. The zero-order valence-electron chi connectivity index (χ0n) is 11.4. The molecule has 0 bridgehead atoms. The summed E-state index contributed by atoms with van der Waals surface area (Å²) in [5, 5.41) is 0. The van der Waals surface area contributed by atoms with E-state index in [0.717, 1.165) is 6.04 Å². The first-order valence-electron chi connectivity index (χ1n) is 7.27. The molecule has 1 aliphatic heterocycles. The molecule has 1 heterocycles. The molecule has 0 amide bonds. The van der Waals surface area contributed by atoms with E-state index in [1.54, 1.807) is 0 Å². The number of methoxy groups -OCH3 is 1. The van der Waals surface area contributed by atoms with Gasteiger partial charge in [-0.25, -0.2) is 0 Å². The highest BCUT2D eigenvalue weighted by atomic mass is 16.5. The van der Waals surface area contributed by atoms with Gasteiger partial charge in [0, 0.05) is 25.7 Å². The lowest BCUT2D eigenvalue weighted by Crippen LogP contribution is -2.52. The third-order valence-electron chi connectivity index (χ3n) is 4.80. The Kier molecular flexibility index (Phi) is 4.83. The quantitative estimate of drug-likeness (QED) is 0.820. The molecule has 0 aromatic rings. The van der Waals surface area contributed by atoms with Gasteiger partial charge in [-0.1, -0.05) is 13.3 Å². The molecule has 1 saturated carbocycles. The number of hydrogen-bond acceptors (Lipinski definition) is 3. The van der Waals surface area contributed by atoms with Crippen molar-refractivity contribution in [3.05, 3.63) is 0 Å². The van der Waals surface area contributed by atoms with Crippen LogP contribution in [0.15, 0.2) is 0 Å². The molecule has 4 unspecified atom stereocenters. The predicted octanol–water partition coefficient (Wildman–Crippen LogP) is 2.00. The third-order valence-corrected chi connectivity index (χ3v) is 4.80. The molecule has 17 heavy (non-hydrogen) atoms. The van der Waals surface area contributed by atoms with Gasteiger partial charge in [0.1, 0.15) is 0 Å². The van der Waals surface area contributed by atoms with Gasteiger partial charge in [0.05, 0.1) is 6.10 Å².